The van der Waals surface area contributed by atoms with Crippen LogP contribution < -0.4 is 0 Å². The fourth-order valence-electron chi connectivity index (χ4n) is 5.06. The van der Waals surface area contributed by atoms with E-state index in [-0.39, 0.29) is 0 Å². The Morgan fingerprint density at radius 2 is 0.400 bits per heavy atom. The highest BCUT2D eigenvalue weighted by Gasteiger charge is 2.66. The Bertz CT molecular complexity index is 269. The first-order valence-electron chi connectivity index (χ1n) is 8.49. The second-order valence-corrected chi connectivity index (χ2v) is 49.2. The van der Waals surface area contributed by atoms with Crippen molar-refractivity contribution >= 4 is 31.3 Å². The average molecular weight is 345 g/mol. The van der Waals surface area contributed by atoms with E-state index in [9.17, 15) is 0 Å². The Morgan fingerprint density at radius 1 is 0.300 bits per heavy atom. The van der Waals surface area contributed by atoms with E-state index in [1.54, 1.807) is 0 Å². The summed E-state index contributed by atoms with van der Waals surface area (Å²) in [6.07, 6.45) is 0. The summed E-state index contributed by atoms with van der Waals surface area (Å²) in [6.45, 7) is 31.3. The van der Waals surface area contributed by atoms with Gasteiger partial charge in [-0.1, -0.05) is 103 Å². The van der Waals surface area contributed by atoms with E-state index in [1.807, 2.05) is 0 Å². The summed E-state index contributed by atoms with van der Waals surface area (Å²) in [5.41, 5.74) is 0. The minimum atomic E-state index is -0.487. The van der Waals surface area contributed by atoms with Gasteiger partial charge in [0.2, 0.25) is 0 Å². The molecule has 0 nitrogen and oxygen atoms in total. The molecule has 0 atom stereocenters. The third kappa shape index (κ3) is 3.61. The maximum absolute atomic E-state index is 2.61. The van der Waals surface area contributed by atoms with Gasteiger partial charge in [-0.15, -0.1) is 0 Å². The largest absolute Gasteiger partial charge is 0.0634 e. The summed E-state index contributed by atoms with van der Waals surface area (Å²) < 4.78 is 0. The van der Waals surface area contributed by atoms with Crippen LogP contribution in [0.3, 0.4) is 0 Å². The van der Waals surface area contributed by atoms with Crippen molar-refractivity contribution in [2.75, 3.05) is 0 Å². The molecule has 1 rings (SSSR count). The van der Waals surface area contributed by atoms with Crippen LogP contribution in [-0.4, -0.2) is 31.3 Å². The summed E-state index contributed by atoms with van der Waals surface area (Å²) in [6, 6.07) is 0. The fourth-order valence-corrected chi connectivity index (χ4v) is 131. The van der Waals surface area contributed by atoms with Crippen LogP contribution in [0.1, 0.15) is 83.1 Å². The van der Waals surface area contributed by atoms with Gasteiger partial charge in [-0.25, -0.2) is 0 Å². The standard InChI is InChI=1S/C16H40Si4/c1-13(2,3)17-18(14(4,5)6)20(16(10,11)12)19(17)15(7,8)9/h17-20H,1-12H3. The molecule has 0 aliphatic carbocycles. The van der Waals surface area contributed by atoms with E-state index in [0.717, 1.165) is 0 Å². The molecule has 0 spiro atoms. The molecular formula is C16H40Si4. The molecule has 0 radical (unpaired) electrons. The monoisotopic (exact) mass is 344 g/mol. The van der Waals surface area contributed by atoms with Crippen molar-refractivity contribution in [3.05, 3.63) is 0 Å². The highest BCUT2D eigenvalue weighted by atomic mass is 30.1. The molecule has 1 fully saturated rings. The molecule has 4 heteroatoms. The SMILES string of the molecule is CC(C)(C)[SiH]1[SiH](C(C)(C)C)[SiH](C(C)(C)C)[SiH]1C(C)(C)C. The van der Waals surface area contributed by atoms with E-state index in [4.69, 9.17) is 0 Å². The van der Waals surface area contributed by atoms with Gasteiger partial charge in [-0.2, -0.15) is 0 Å². The highest BCUT2D eigenvalue weighted by Crippen LogP contribution is 2.56. The minimum Gasteiger partial charge on any atom is -0.0634 e. The summed E-state index contributed by atoms with van der Waals surface area (Å²) in [5.74, 6) is 0. The van der Waals surface area contributed by atoms with Gasteiger partial charge in [0.15, 0.2) is 0 Å². The van der Waals surface area contributed by atoms with Crippen molar-refractivity contribution in [2.45, 2.75) is 103 Å². The van der Waals surface area contributed by atoms with Crippen LogP contribution in [0.25, 0.3) is 0 Å². The molecule has 20 heavy (non-hydrogen) atoms. The zero-order chi connectivity index (χ0) is 16.3. The molecule has 0 aromatic rings. The Kier molecular flexibility index (Phi) is 4.92. The Hall–Kier alpha value is 0.868. The van der Waals surface area contributed by atoms with Crippen molar-refractivity contribution < 1.29 is 0 Å². The van der Waals surface area contributed by atoms with Gasteiger partial charge in [-0.3, -0.25) is 0 Å². The lowest BCUT2D eigenvalue weighted by Crippen LogP contribution is -2.86. The molecule has 0 unspecified atom stereocenters. The van der Waals surface area contributed by atoms with Gasteiger partial charge in [0.05, 0.1) is 0 Å². The molecule has 0 amide bonds. The molecule has 120 valence electrons. The molecule has 0 bridgehead atoms. The van der Waals surface area contributed by atoms with Crippen molar-refractivity contribution in [3.63, 3.8) is 0 Å². The van der Waals surface area contributed by atoms with Gasteiger partial charge in [0.1, 0.15) is 0 Å². The Labute approximate surface area is 134 Å². The highest BCUT2D eigenvalue weighted by molar-refractivity contribution is 7.97. The van der Waals surface area contributed by atoms with Gasteiger partial charge < -0.3 is 0 Å². The van der Waals surface area contributed by atoms with Crippen molar-refractivity contribution in [1.29, 1.82) is 0 Å². The summed E-state index contributed by atoms with van der Waals surface area (Å²) >= 11 is 0. The lowest BCUT2D eigenvalue weighted by Gasteiger charge is -2.66. The van der Waals surface area contributed by atoms with E-state index in [1.165, 1.54) is 0 Å². The summed E-state index contributed by atoms with van der Waals surface area (Å²) in [7, 11) is -1.95. The van der Waals surface area contributed by atoms with Crippen molar-refractivity contribution in [2.24, 2.45) is 0 Å². The second kappa shape index (κ2) is 5.20. The van der Waals surface area contributed by atoms with Crippen molar-refractivity contribution in [1.82, 2.24) is 0 Å². The number of hydrogen-bond donors (Lipinski definition) is 0. The average Bonchev–Trinajstić information content (AvgIpc) is 1.86. The van der Waals surface area contributed by atoms with Gasteiger partial charge in [-0.05, 0) is 0 Å². The van der Waals surface area contributed by atoms with Crippen LogP contribution in [0.2, 0.25) is 20.2 Å². The maximum Gasteiger partial charge on any atom is 0.0220 e. The molecule has 0 saturated carbocycles. The van der Waals surface area contributed by atoms with E-state index in [2.05, 4.69) is 83.1 Å². The smallest absolute Gasteiger partial charge is 0.0220 e. The van der Waals surface area contributed by atoms with Crippen molar-refractivity contribution in [3.8, 4) is 0 Å². The number of hydrogen-bond acceptors (Lipinski definition) is 0. The molecule has 0 aromatic heterocycles. The molecule has 0 aromatic carbocycles. The fraction of sp³-hybridized carbons (Fsp3) is 1.00. The second-order valence-electron chi connectivity index (χ2n) is 11.6. The molecular weight excluding hydrogens is 305 g/mol. The lowest BCUT2D eigenvalue weighted by atomic mass is 10.2. The molecule has 1 aliphatic heterocycles. The van der Waals surface area contributed by atoms with Gasteiger partial charge in [0.25, 0.3) is 0 Å². The molecule has 1 saturated heterocycles. The number of rotatable bonds is 0. The lowest BCUT2D eigenvalue weighted by molar-refractivity contribution is 0.702. The van der Waals surface area contributed by atoms with E-state index >= 15 is 0 Å². The summed E-state index contributed by atoms with van der Waals surface area (Å²) in [5, 5.41) is 2.79. The third-order valence-corrected chi connectivity index (χ3v) is 95.8. The predicted octanol–water partition coefficient (Wildman–Crippen LogP) is 4.42. The molecule has 1 aliphatic rings. The minimum absolute atomic E-state index is 0.487. The first-order valence-corrected chi connectivity index (χ1v) is 21.5. The van der Waals surface area contributed by atoms with Crippen LogP contribution in [-0.2, 0) is 0 Å². The van der Waals surface area contributed by atoms with Gasteiger partial charge >= 0.3 is 0 Å². The first-order chi connectivity index (χ1) is 8.49. The van der Waals surface area contributed by atoms with E-state index < -0.39 is 31.3 Å². The Balaban J connectivity index is 3.33. The van der Waals surface area contributed by atoms with Crippen LogP contribution in [0.15, 0.2) is 0 Å². The molecule has 1 heterocycles. The zero-order valence-electron chi connectivity index (χ0n) is 16.3. The van der Waals surface area contributed by atoms with Crippen LogP contribution in [0.4, 0.5) is 0 Å². The Morgan fingerprint density at radius 3 is 0.450 bits per heavy atom. The molecule has 0 N–H and O–H groups in total. The topological polar surface area (TPSA) is 0 Å². The third-order valence-electron chi connectivity index (χ3n) is 5.55. The summed E-state index contributed by atoms with van der Waals surface area (Å²) in [4.78, 5) is 0. The van der Waals surface area contributed by atoms with Crippen LogP contribution >= 0.6 is 0 Å². The van der Waals surface area contributed by atoms with Gasteiger partial charge in [0, 0.05) is 31.3 Å². The van der Waals surface area contributed by atoms with Crippen LogP contribution in [0, 0.1) is 0 Å². The quantitative estimate of drug-likeness (QED) is 0.570. The van der Waals surface area contributed by atoms with E-state index in [0.29, 0.717) is 20.2 Å². The normalized spacial score (nSPS) is 33.0. The van der Waals surface area contributed by atoms with Crippen LogP contribution in [0.5, 0.6) is 0 Å². The predicted molar refractivity (Wildman–Crippen MR) is 107 cm³/mol. The zero-order valence-corrected chi connectivity index (χ0v) is 20.9. The maximum atomic E-state index is 2.61. The first kappa shape index (κ1) is 18.9.